The molecular weight excluding hydrogens is 178 g/mol. The Bertz CT molecular complexity index is 372. The van der Waals surface area contributed by atoms with Gasteiger partial charge in [0.2, 0.25) is 6.79 Å². The molecule has 0 bridgehead atoms. The Hall–Kier alpha value is -1.48. The third-order valence-corrected chi connectivity index (χ3v) is 2.08. The number of nitrogens with two attached hydrogens (primary N) is 1. The van der Waals surface area contributed by atoms with Crippen LogP contribution >= 0.6 is 0 Å². The minimum absolute atomic E-state index is 0.308. The minimum Gasteiger partial charge on any atom is -0.454 e. The molecule has 1 aromatic carbocycles. The van der Waals surface area contributed by atoms with Gasteiger partial charge in [-0.3, -0.25) is 0 Å². The first-order valence-corrected chi connectivity index (χ1v) is 4.58. The molecule has 3 nitrogen and oxygen atoms in total. The fourth-order valence-corrected chi connectivity index (χ4v) is 1.50. The maximum Gasteiger partial charge on any atom is 0.231 e. The Labute approximate surface area is 83.1 Å². The lowest BCUT2D eigenvalue weighted by molar-refractivity contribution is 0.173. The van der Waals surface area contributed by atoms with Gasteiger partial charge in [-0.05, 0) is 24.6 Å². The maximum absolute atomic E-state index is 5.40. The monoisotopic (exact) mass is 191 g/mol. The van der Waals surface area contributed by atoms with Gasteiger partial charge in [-0.15, -0.1) is 0 Å². The van der Waals surface area contributed by atoms with Crippen LogP contribution in [0.3, 0.4) is 0 Å². The smallest absolute Gasteiger partial charge is 0.231 e. The van der Waals surface area contributed by atoms with E-state index in [9.17, 15) is 0 Å². The lowest BCUT2D eigenvalue weighted by Crippen LogP contribution is -1.94. The van der Waals surface area contributed by atoms with Crippen LogP contribution in [0.1, 0.15) is 11.1 Å². The van der Waals surface area contributed by atoms with Crippen molar-refractivity contribution in [2.45, 2.75) is 6.92 Å². The molecule has 2 rings (SSSR count). The van der Waals surface area contributed by atoms with Crippen LogP contribution in [0.15, 0.2) is 18.2 Å². The van der Waals surface area contributed by atoms with E-state index in [0.717, 1.165) is 22.6 Å². The van der Waals surface area contributed by atoms with E-state index < -0.39 is 0 Å². The first-order chi connectivity index (χ1) is 6.81. The number of hydrogen-bond donors (Lipinski definition) is 1. The summed E-state index contributed by atoms with van der Waals surface area (Å²) in [6, 6.07) is 4.03. The average Bonchev–Trinajstić information content (AvgIpc) is 2.61. The van der Waals surface area contributed by atoms with Crippen molar-refractivity contribution in [2.75, 3.05) is 13.3 Å². The molecule has 1 heterocycles. The molecule has 3 heteroatoms. The molecule has 0 aromatic heterocycles. The van der Waals surface area contributed by atoms with Gasteiger partial charge in [0.1, 0.15) is 0 Å². The molecule has 0 unspecified atom stereocenters. The van der Waals surface area contributed by atoms with Crippen molar-refractivity contribution in [3.8, 4) is 11.5 Å². The van der Waals surface area contributed by atoms with Crippen molar-refractivity contribution < 1.29 is 9.47 Å². The van der Waals surface area contributed by atoms with Crippen LogP contribution in [-0.2, 0) is 0 Å². The molecule has 0 fully saturated rings. The summed E-state index contributed by atoms with van der Waals surface area (Å²) in [6.45, 7) is 2.87. The zero-order chi connectivity index (χ0) is 9.97. The van der Waals surface area contributed by atoms with E-state index >= 15 is 0 Å². The van der Waals surface area contributed by atoms with Gasteiger partial charge in [-0.2, -0.15) is 0 Å². The van der Waals surface area contributed by atoms with Crippen LogP contribution < -0.4 is 15.2 Å². The number of ether oxygens (including phenoxy) is 2. The zero-order valence-corrected chi connectivity index (χ0v) is 8.12. The van der Waals surface area contributed by atoms with Gasteiger partial charge in [-0.1, -0.05) is 12.2 Å². The molecule has 0 aliphatic carbocycles. The fourth-order valence-electron chi connectivity index (χ4n) is 1.50. The van der Waals surface area contributed by atoms with E-state index in [1.165, 1.54) is 0 Å². The van der Waals surface area contributed by atoms with Crippen molar-refractivity contribution in [2.24, 2.45) is 5.73 Å². The van der Waals surface area contributed by atoms with Crippen molar-refractivity contribution in [1.82, 2.24) is 0 Å². The highest BCUT2D eigenvalue weighted by atomic mass is 16.7. The molecule has 74 valence electrons. The summed E-state index contributed by atoms with van der Waals surface area (Å²) in [5.41, 5.74) is 7.59. The summed E-state index contributed by atoms with van der Waals surface area (Å²) >= 11 is 0. The Morgan fingerprint density at radius 3 is 3.07 bits per heavy atom. The molecule has 0 amide bonds. The molecule has 0 atom stereocenters. The topological polar surface area (TPSA) is 44.5 Å². The summed E-state index contributed by atoms with van der Waals surface area (Å²) in [5.74, 6) is 1.64. The van der Waals surface area contributed by atoms with Gasteiger partial charge in [0.15, 0.2) is 11.5 Å². The van der Waals surface area contributed by atoms with Gasteiger partial charge in [-0.25, -0.2) is 0 Å². The molecule has 0 spiro atoms. The third-order valence-electron chi connectivity index (χ3n) is 2.08. The largest absolute Gasteiger partial charge is 0.454 e. The highest BCUT2D eigenvalue weighted by Gasteiger charge is 2.16. The quantitative estimate of drug-likeness (QED) is 0.773. The predicted octanol–water partition coefficient (Wildman–Crippen LogP) is 1.70. The standard InChI is InChI=1S/C11H13NO2/c1-8-5-9(3-2-4-12)11-10(6-8)13-7-14-11/h2-3,5-6H,4,7,12H2,1H3/b3-2+. The summed E-state index contributed by atoms with van der Waals surface area (Å²) in [4.78, 5) is 0. The molecule has 2 N–H and O–H groups in total. The van der Waals surface area contributed by atoms with Gasteiger partial charge in [0, 0.05) is 12.1 Å². The fraction of sp³-hybridized carbons (Fsp3) is 0.273. The van der Waals surface area contributed by atoms with Gasteiger partial charge < -0.3 is 15.2 Å². The van der Waals surface area contributed by atoms with E-state index in [1.807, 2.05) is 25.1 Å². The molecule has 1 aliphatic heterocycles. The van der Waals surface area contributed by atoms with Crippen LogP contribution in [0, 0.1) is 6.92 Å². The summed E-state index contributed by atoms with van der Waals surface area (Å²) < 4.78 is 10.7. The molecule has 1 aromatic rings. The van der Waals surface area contributed by atoms with Gasteiger partial charge in [0.25, 0.3) is 0 Å². The minimum atomic E-state index is 0.308. The number of rotatable bonds is 2. The van der Waals surface area contributed by atoms with E-state index in [4.69, 9.17) is 15.2 Å². The van der Waals surface area contributed by atoms with Gasteiger partial charge in [0.05, 0.1) is 0 Å². The third kappa shape index (κ3) is 1.59. The van der Waals surface area contributed by atoms with Crippen LogP contribution in [-0.4, -0.2) is 13.3 Å². The van der Waals surface area contributed by atoms with E-state index in [1.54, 1.807) is 0 Å². The molecular formula is C11H13NO2. The van der Waals surface area contributed by atoms with E-state index in [-0.39, 0.29) is 0 Å². The molecule has 1 aliphatic rings. The highest BCUT2D eigenvalue weighted by Crippen LogP contribution is 2.37. The second kappa shape index (κ2) is 3.72. The number of fused-ring (bicyclic) bond motifs is 1. The summed E-state index contributed by atoms with van der Waals surface area (Å²) in [7, 11) is 0. The van der Waals surface area contributed by atoms with Gasteiger partial charge >= 0.3 is 0 Å². The molecule has 0 saturated heterocycles. The van der Waals surface area contributed by atoms with Crippen molar-refractivity contribution in [1.29, 1.82) is 0 Å². The average molecular weight is 191 g/mol. The Balaban J connectivity index is 2.43. The summed E-state index contributed by atoms with van der Waals surface area (Å²) in [6.07, 6.45) is 3.86. The number of hydrogen-bond acceptors (Lipinski definition) is 3. The molecule has 0 radical (unpaired) electrons. The lowest BCUT2D eigenvalue weighted by Gasteiger charge is -2.02. The SMILES string of the molecule is Cc1cc(/C=C/CN)c2c(c1)OCO2. The second-order valence-electron chi connectivity index (χ2n) is 3.23. The molecule has 14 heavy (non-hydrogen) atoms. The lowest BCUT2D eigenvalue weighted by atomic mass is 10.1. The Kier molecular flexibility index (Phi) is 2.41. The van der Waals surface area contributed by atoms with Crippen LogP contribution in [0.25, 0.3) is 6.08 Å². The molecule has 0 saturated carbocycles. The highest BCUT2D eigenvalue weighted by molar-refractivity contribution is 5.64. The van der Waals surface area contributed by atoms with Crippen LogP contribution in [0.2, 0.25) is 0 Å². The van der Waals surface area contributed by atoms with Crippen molar-refractivity contribution in [3.63, 3.8) is 0 Å². The number of benzene rings is 1. The first-order valence-electron chi connectivity index (χ1n) is 4.58. The Morgan fingerprint density at radius 1 is 1.43 bits per heavy atom. The normalized spacial score (nSPS) is 13.9. The van der Waals surface area contributed by atoms with Crippen LogP contribution in [0.4, 0.5) is 0 Å². The number of aryl methyl sites for hydroxylation is 1. The zero-order valence-electron chi connectivity index (χ0n) is 8.12. The van der Waals surface area contributed by atoms with Crippen LogP contribution in [0.5, 0.6) is 11.5 Å². The van der Waals surface area contributed by atoms with E-state index in [0.29, 0.717) is 13.3 Å². The Morgan fingerprint density at radius 2 is 2.29 bits per heavy atom. The van der Waals surface area contributed by atoms with E-state index in [2.05, 4.69) is 6.07 Å². The second-order valence-corrected chi connectivity index (χ2v) is 3.23. The first kappa shape index (κ1) is 9.09. The van der Waals surface area contributed by atoms with Crippen molar-refractivity contribution >= 4 is 6.08 Å². The van der Waals surface area contributed by atoms with Crippen molar-refractivity contribution in [3.05, 3.63) is 29.3 Å². The maximum atomic E-state index is 5.40. The predicted molar refractivity (Wildman–Crippen MR) is 55.4 cm³/mol. The summed E-state index contributed by atoms with van der Waals surface area (Å²) in [5, 5.41) is 0.